The van der Waals surface area contributed by atoms with E-state index >= 15 is 0 Å². The highest BCUT2D eigenvalue weighted by atomic mass is 32.2. The Morgan fingerprint density at radius 3 is 2.94 bits per heavy atom. The maximum absolute atomic E-state index is 10.9. The summed E-state index contributed by atoms with van der Waals surface area (Å²) in [7, 11) is 1.31. The van der Waals surface area contributed by atoms with E-state index in [4.69, 9.17) is 0 Å². The van der Waals surface area contributed by atoms with Crippen LogP contribution in [-0.4, -0.2) is 35.0 Å². The van der Waals surface area contributed by atoms with Gasteiger partial charge in [0.25, 0.3) is 0 Å². The smallest absolute Gasteiger partial charge is 0.308 e. The number of hydrogen-bond acceptors (Lipinski definition) is 5. The number of aliphatic hydroxyl groups is 1. The Balaban J connectivity index is 2.34. The van der Waals surface area contributed by atoms with Crippen molar-refractivity contribution in [2.45, 2.75) is 24.5 Å². The molecule has 16 heavy (non-hydrogen) atoms. The van der Waals surface area contributed by atoms with E-state index in [9.17, 15) is 9.90 Å². The van der Waals surface area contributed by atoms with Gasteiger partial charge in [-0.05, 0) is 18.6 Å². The summed E-state index contributed by atoms with van der Waals surface area (Å²) in [5.74, 6) is 0.0375. The van der Waals surface area contributed by atoms with E-state index in [0.717, 1.165) is 10.6 Å². The lowest BCUT2D eigenvalue weighted by Crippen LogP contribution is -2.16. The number of nitrogens with zero attached hydrogens (tertiary/aromatic N) is 1. The normalized spacial score (nSPS) is 12.2. The topological polar surface area (TPSA) is 59.4 Å². The van der Waals surface area contributed by atoms with Crippen molar-refractivity contribution in [2.75, 3.05) is 12.9 Å². The van der Waals surface area contributed by atoms with Gasteiger partial charge in [-0.3, -0.25) is 4.79 Å². The fraction of sp³-hybridized carbons (Fsp3) is 0.455. The van der Waals surface area contributed by atoms with Crippen molar-refractivity contribution in [3.63, 3.8) is 0 Å². The van der Waals surface area contributed by atoms with Gasteiger partial charge >= 0.3 is 5.97 Å². The summed E-state index contributed by atoms with van der Waals surface area (Å²) in [6.07, 6.45) is 1.10. The molecule has 5 heteroatoms. The lowest BCUT2D eigenvalue weighted by molar-refractivity contribution is -0.142. The lowest BCUT2D eigenvalue weighted by atomic mass is 10.3. The molecule has 1 atom stereocenters. The standard InChI is InChI=1S/C11H15NO3S/c1-8-3-4-10(12-6-8)16-7-9(13)5-11(14)15-2/h3-4,6,9,13H,5,7H2,1-2H3/t9-/m1/s1. The van der Waals surface area contributed by atoms with Crippen molar-refractivity contribution in [3.05, 3.63) is 23.9 Å². The minimum Gasteiger partial charge on any atom is -0.469 e. The zero-order valence-electron chi connectivity index (χ0n) is 9.34. The number of pyridine rings is 1. The number of esters is 1. The second kappa shape index (κ2) is 6.50. The quantitative estimate of drug-likeness (QED) is 0.624. The first-order valence-corrected chi connectivity index (χ1v) is 5.90. The summed E-state index contributed by atoms with van der Waals surface area (Å²) in [5, 5.41) is 10.4. The van der Waals surface area contributed by atoms with Crippen LogP contribution in [0.5, 0.6) is 0 Å². The molecule has 0 radical (unpaired) electrons. The summed E-state index contributed by atoms with van der Waals surface area (Å²) in [6.45, 7) is 1.97. The minimum atomic E-state index is -0.694. The second-order valence-corrected chi connectivity index (χ2v) is 4.46. The first-order valence-electron chi connectivity index (χ1n) is 4.92. The molecule has 0 amide bonds. The van der Waals surface area contributed by atoms with E-state index in [1.54, 1.807) is 6.20 Å². The van der Waals surface area contributed by atoms with E-state index in [2.05, 4.69) is 9.72 Å². The third kappa shape index (κ3) is 4.63. The third-order valence-corrected chi connectivity index (χ3v) is 3.03. The molecule has 4 nitrogen and oxygen atoms in total. The Morgan fingerprint density at radius 1 is 1.62 bits per heavy atom. The number of methoxy groups -OCH3 is 1. The van der Waals surface area contributed by atoms with Crippen LogP contribution >= 0.6 is 11.8 Å². The van der Waals surface area contributed by atoms with Crippen molar-refractivity contribution in [1.29, 1.82) is 0 Å². The van der Waals surface area contributed by atoms with Gasteiger partial charge in [0.2, 0.25) is 0 Å². The maximum atomic E-state index is 10.9. The van der Waals surface area contributed by atoms with Crippen LogP contribution in [0.2, 0.25) is 0 Å². The van der Waals surface area contributed by atoms with Crippen molar-refractivity contribution >= 4 is 17.7 Å². The molecule has 0 bridgehead atoms. The van der Waals surface area contributed by atoms with Crippen molar-refractivity contribution in [1.82, 2.24) is 4.98 Å². The molecule has 88 valence electrons. The molecule has 0 aliphatic heterocycles. The van der Waals surface area contributed by atoms with Gasteiger partial charge in [-0.25, -0.2) is 4.98 Å². The SMILES string of the molecule is COC(=O)C[C@@H](O)CSc1ccc(C)cn1. The first kappa shape index (κ1) is 13.0. The van der Waals surface area contributed by atoms with E-state index < -0.39 is 12.1 Å². The molecule has 0 spiro atoms. The molecule has 1 aromatic rings. The van der Waals surface area contributed by atoms with Crippen LogP contribution in [0.15, 0.2) is 23.4 Å². The molecule has 0 fully saturated rings. The molecule has 0 aliphatic rings. The van der Waals surface area contributed by atoms with Gasteiger partial charge in [-0.1, -0.05) is 6.07 Å². The Bertz CT molecular complexity index is 340. The van der Waals surface area contributed by atoms with Gasteiger partial charge < -0.3 is 9.84 Å². The van der Waals surface area contributed by atoms with E-state index in [0.29, 0.717) is 5.75 Å². The number of ether oxygens (including phenoxy) is 1. The van der Waals surface area contributed by atoms with Crippen LogP contribution in [-0.2, 0) is 9.53 Å². The Morgan fingerprint density at radius 2 is 2.38 bits per heavy atom. The van der Waals surface area contributed by atoms with Crippen molar-refractivity contribution in [3.8, 4) is 0 Å². The fourth-order valence-corrected chi connectivity index (χ4v) is 1.83. The zero-order chi connectivity index (χ0) is 12.0. The Labute approximate surface area is 99.0 Å². The largest absolute Gasteiger partial charge is 0.469 e. The third-order valence-electron chi connectivity index (χ3n) is 1.94. The van der Waals surface area contributed by atoms with Crippen LogP contribution in [0.25, 0.3) is 0 Å². The number of hydrogen-bond donors (Lipinski definition) is 1. The molecule has 0 saturated carbocycles. The van der Waals surface area contributed by atoms with Crippen LogP contribution in [0.3, 0.4) is 0 Å². The van der Waals surface area contributed by atoms with Gasteiger partial charge in [0.15, 0.2) is 0 Å². The summed E-state index contributed by atoms with van der Waals surface area (Å²) in [5.41, 5.74) is 1.10. The average Bonchev–Trinajstić information content (AvgIpc) is 2.28. The molecule has 1 N–H and O–H groups in total. The average molecular weight is 241 g/mol. The summed E-state index contributed by atoms with van der Waals surface area (Å²) in [4.78, 5) is 15.1. The Kier molecular flexibility index (Phi) is 5.28. The second-order valence-electron chi connectivity index (χ2n) is 3.42. The monoisotopic (exact) mass is 241 g/mol. The molecule has 0 saturated heterocycles. The van der Waals surface area contributed by atoms with Crippen LogP contribution < -0.4 is 0 Å². The number of carbonyl (C=O) groups is 1. The number of aromatic nitrogens is 1. The molecular formula is C11H15NO3S. The molecule has 1 rings (SSSR count). The van der Waals surface area contributed by atoms with Crippen molar-refractivity contribution in [2.24, 2.45) is 0 Å². The number of rotatable bonds is 5. The van der Waals surface area contributed by atoms with Gasteiger partial charge in [-0.2, -0.15) is 0 Å². The van der Waals surface area contributed by atoms with Gasteiger partial charge in [0, 0.05) is 11.9 Å². The summed E-state index contributed by atoms with van der Waals surface area (Å²) < 4.78 is 4.46. The van der Waals surface area contributed by atoms with E-state index in [-0.39, 0.29) is 6.42 Å². The number of thioether (sulfide) groups is 1. The summed E-state index contributed by atoms with van der Waals surface area (Å²) >= 11 is 1.42. The fourth-order valence-electron chi connectivity index (χ4n) is 1.06. The highest BCUT2D eigenvalue weighted by Crippen LogP contribution is 2.17. The van der Waals surface area contributed by atoms with E-state index in [1.165, 1.54) is 18.9 Å². The summed E-state index contributed by atoms with van der Waals surface area (Å²) in [6, 6.07) is 3.85. The minimum absolute atomic E-state index is 0.0232. The molecular weight excluding hydrogens is 226 g/mol. The van der Waals surface area contributed by atoms with Gasteiger partial charge in [-0.15, -0.1) is 11.8 Å². The predicted molar refractivity (Wildman–Crippen MR) is 62.3 cm³/mol. The number of carbonyl (C=O) groups excluding carboxylic acids is 1. The number of aliphatic hydroxyl groups excluding tert-OH is 1. The molecule has 1 heterocycles. The highest BCUT2D eigenvalue weighted by Gasteiger charge is 2.11. The van der Waals surface area contributed by atoms with E-state index in [1.807, 2.05) is 19.1 Å². The molecule has 0 aromatic carbocycles. The van der Waals surface area contributed by atoms with Crippen LogP contribution in [0, 0.1) is 6.92 Å². The van der Waals surface area contributed by atoms with Gasteiger partial charge in [0.1, 0.15) is 0 Å². The highest BCUT2D eigenvalue weighted by molar-refractivity contribution is 7.99. The van der Waals surface area contributed by atoms with Crippen molar-refractivity contribution < 1.29 is 14.6 Å². The van der Waals surface area contributed by atoms with Crippen LogP contribution in [0.4, 0.5) is 0 Å². The predicted octanol–water partition coefficient (Wildman–Crippen LogP) is 1.41. The van der Waals surface area contributed by atoms with Crippen LogP contribution in [0.1, 0.15) is 12.0 Å². The Hall–Kier alpha value is -1.07. The number of aryl methyl sites for hydroxylation is 1. The molecule has 0 unspecified atom stereocenters. The zero-order valence-corrected chi connectivity index (χ0v) is 10.2. The molecule has 0 aliphatic carbocycles. The first-order chi connectivity index (χ1) is 7.61. The maximum Gasteiger partial charge on any atom is 0.308 e. The lowest BCUT2D eigenvalue weighted by Gasteiger charge is -2.08. The van der Waals surface area contributed by atoms with Gasteiger partial charge in [0.05, 0.1) is 24.7 Å². The molecule has 1 aromatic heterocycles.